The lowest BCUT2D eigenvalue weighted by Gasteiger charge is -2.22. The van der Waals surface area contributed by atoms with Crippen LogP contribution in [-0.4, -0.2) is 24.4 Å². The Kier molecular flexibility index (Phi) is 2.94. The van der Waals surface area contributed by atoms with Crippen molar-refractivity contribution < 1.29 is 9.26 Å². The predicted molar refractivity (Wildman–Crippen MR) is 47.2 cm³/mol. The summed E-state index contributed by atoms with van der Waals surface area (Å²) in [5.74, 6) is 0.895. The highest BCUT2D eigenvalue weighted by molar-refractivity contribution is 4.92. The van der Waals surface area contributed by atoms with Gasteiger partial charge in [0.25, 0.3) is 0 Å². The molecule has 2 heterocycles. The fourth-order valence-corrected chi connectivity index (χ4v) is 1.48. The van der Waals surface area contributed by atoms with Crippen LogP contribution in [0.1, 0.15) is 18.6 Å². The first-order valence-corrected chi connectivity index (χ1v) is 4.66. The van der Waals surface area contributed by atoms with E-state index in [4.69, 9.17) is 9.26 Å². The Hall–Kier alpha value is -0.870. The molecule has 13 heavy (non-hydrogen) atoms. The van der Waals surface area contributed by atoms with Gasteiger partial charge in [-0.25, -0.2) is 0 Å². The molecule has 0 unspecified atom stereocenters. The van der Waals surface area contributed by atoms with Crippen molar-refractivity contribution in [1.82, 2.24) is 10.5 Å². The maximum Gasteiger partial charge on any atom is 0.150 e. The Morgan fingerprint density at radius 3 is 3.00 bits per heavy atom. The smallest absolute Gasteiger partial charge is 0.150 e. The van der Waals surface area contributed by atoms with E-state index < -0.39 is 0 Å². The third-order valence-electron chi connectivity index (χ3n) is 2.28. The van der Waals surface area contributed by atoms with Crippen LogP contribution in [0.15, 0.2) is 16.8 Å². The summed E-state index contributed by atoms with van der Waals surface area (Å²) in [5, 5.41) is 7.06. The largest absolute Gasteiger partial charge is 0.381 e. The van der Waals surface area contributed by atoms with Crippen molar-refractivity contribution in [1.29, 1.82) is 0 Å². The zero-order valence-electron chi connectivity index (χ0n) is 7.53. The summed E-state index contributed by atoms with van der Waals surface area (Å²) < 4.78 is 10.2. The Balaban J connectivity index is 1.72. The van der Waals surface area contributed by atoms with E-state index in [0.717, 1.165) is 38.4 Å². The summed E-state index contributed by atoms with van der Waals surface area (Å²) in [7, 11) is 0. The van der Waals surface area contributed by atoms with Crippen molar-refractivity contribution in [3.63, 3.8) is 0 Å². The molecule has 0 spiro atoms. The predicted octanol–water partition coefficient (Wildman–Crippen LogP) is 0.943. The lowest BCUT2D eigenvalue weighted by molar-refractivity contribution is 0.0769. The number of nitrogens with zero attached hydrogens (tertiary/aromatic N) is 1. The van der Waals surface area contributed by atoms with Gasteiger partial charge in [-0.2, -0.15) is 0 Å². The van der Waals surface area contributed by atoms with Gasteiger partial charge in [0.2, 0.25) is 0 Å². The minimum absolute atomic E-state index is 0.568. The average molecular weight is 182 g/mol. The number of aromatic nitrogens is 1. The maximum atomic E-state index is 5.26. The molecule has 0 bridgehead atoms. The van der Waals surface area contributed by atoms with Gasteiger partial charge in [0.15, 0.2) is 0 Å². The third-order valence-corrected chi connectivity index (χ3v) is 2.28. The fourth-order valence-electron chi connectivity index (χ4n) is 1.48. The van der Waals surface area contributed by atoms with Gasteiger partial charge >= 0.3 is 0 Å². The molecule has 72 valence electrons. The molecule has 0 radical (unpaired) electrons. The molecule has 0 saturated carbocycles. The molecule has 0 aliphatic carbocycles. The van der Waals surface area contributed by atoms with Crippen LogP contribution >= 0.6 is 0 Å². The maximum absolute atomic E-state index is 5.26. The van der Waals surface area contributed by atoms with Crippen molar-refractivity contribution in [2.24, 2.45) is 0 Å². The van der Waals surface area contributed by atoms with E-state index in [1.54, 1.807) is 6.20 Å². The summed E-state index contributed by atoms with van der Waals surface area (Å²) in [6.45, 7) is 2.51. The second-order valence-electron chi connectivity index (χ2n) is 3.25. The van der Waals surface area contributed by atoms with E-state index in [1.807, 2.05) is 6.07 Å². The van der Waals surface area contributed by atoms with E-state index in [1.165, 1.54) is 0 Å². The lowest BCUT2D eigenvalue weighted by atomic mass is 10.1. The Labute approximate surface area is 77.2 Å². The molecule has 0 atom stereocenters. The molecule has 0 aromatic carbocycles. The molecule has 2 rings (SSSR count). The number of hydrogen-bond acceptors (Lipinski definition) is 4. The van der Waals surface area contributed by atoms with Crippen LogP contribution in [0, 0.1) is 0 Å². The van der Waals surface area contributed by atoms with Crippen molar-refractivity contribution >= 4 is 0 Å². The summed E-state index contributed by atoms with van der Waals surface area (Å²) in [4.78, 5) is 0. The van der Waals surface area contributed by atoms with E-state index >= 15 is 0 Å². The monoisotopic (exact) mass is 182 g/mol. The second-order valence-corrected chi connectivity index (χ2v) is 3.25. The van der Waals surface area contributed by atoms with Gasteiger partial charge < -0.3 is 14.6 Å². The van der Waals surface area contributed by atoms with E-state index in [2.05, 4.69) is 10.5 Å². The van der Waals surface area contributed by atoms with Crippen LogP contribution in [0.2, 0.25) is 0 Å². The van der Waals surface area contributed by atoms with Crippen LogP contribution in [0.3, 0.4) is 0 Å². The second kappa shape index (κ2) is 4.39. The SMILES string of the molecule is c1cc(CNC2CCOCC2)on1. The van der Waals surface area contributed by atoms with Crippen LogP contribution in [0.5, 0.6) is 0 Å². The summed E-state index contributed by atoms with van der Waals surface area (Å²) in [5.41, 5.74) is 0. The Morgan fingerprint density at radius 2 is 2.31 bits per heavy atom. The van der Waals surface area contributed by atoms with Crippen LogP contribution in [0.4, 0.5) is 0 Å². The van der Waals surface area contributed by atoms with E-state index in [-0.39, 0.29) is 0 Å². The van der Waals surface area contributed by atoms with Gasteiger partial charge in [-0.3, -0.25) is 0 Å². The highest BCUT2D eigenvalue weighted by Crippen LogP contribution is 2.07. The molecule has 1 aromatic rings. The summed E-state index contributed by atoms with van der Waals surface area (Å²) in [6, 6.07) is 2.45. The van der Waals surface area contributed by atoms with Gasteiger partial charge in [0, 0.05) is 25.3 Å². The summed E-state index contributed by atoms with van der Waals surface area (Å²) >= 11 is 0. The van der Waals surface area contributed by atoms with Crippen LogP contribution in [-0.2, 0) is 11.3 Å². The molecule has 1 fully saturated rings. The molecule has 0 amide bonds. The molecule has 1 aromatic heterocycles. The first kappa shape index (κ1) is 8.72. The lowest BCUT2D eigenvalue weighted by Crippen LogP contribution is -2.34. The molecular weight excluding hydrogens is 168 g/mol. The highest BCUT2D eigenvalue weighted by atomic mass is 16.5. The van der Waals surface area contributed by atoms with E-state index in [9.17, 15) is 0 Å². The van der Waals surface area contributed by atoms with Gasteiger partial charge in [-0.1, -0.05) is 5.16 Å². The highest BCUT2D eigenvalue weighted by Gasteiger charge is 2.12. The Bertz CT molecular complexity index is 230. The van der Waals surface area contributed by atoms with Gasteiger partial charge in [0.05, 0.1) is 12.7 Å². The Morgan fingerprint density at radius 1 is 1.46 bits per heavy atom. The molecule has 4 heteroatoms. The molecule has 1 aliphatic heterocycles. The van der Waals surface area contributed by atoms with Crippen LogP contribution < -0.4 is 5.32 Å². The standard InChI is InChI=1S/C9H14N2O2/c1-4-11-13-9(1)7-10-8-2-5-12-6-3-8/h1,4,8,10H,2-3,5-7H2. The minimum atomic E-state index is 0.568. The van der Waals surface area contributed by atoms with Crippen molar-refractivity contribution in [3.05, 3.63) is 18.0 Å². The van der Waals surface area contributed by atoms with Gasteiger partial charge in [-0.15, -0.1) is 0 Å². The number of ether oxygens (including phenoxy) is 1. The van der Waals surface area contributed by atoms with E-state index in [0.29, 0.717) is 6.04 Å². The van der Waals surface area contributed by atoms with Crippen molar-refractivity contribution in [2.45, 2.75) is 25.4 Å². The summed E-state index contributed by atoms with van der Waals surface area (Å²) in [6.07, 6.45) is 3.85. The zero-order chi connectivity index (χ0) is 8.93. The quantitative estimate of drug-likeness (QED) is 0.755. The molecule has 4 nitrogen and oxygen atoms in total. The molecule has 1 saturated heterocycles. The fraction of sp³-hybridized carbons (Fsp3) is 0.667. The molecule has 1 N–H and O–H groups in total. The molecule has 1 aliphatic rings. The molecular formula is C9H14N2O2. The van der Waals surface area contributed by atoms with Crippen molar-refractivity contribution in [3.8, 4) is 0 Å². The number of rotatable bonds is 3. The minimum Gasteiger partial charge on any atom is -0.381 e. The zero-order valence-corrected chi connectivity index (χ0v) is 7.53. The number of hydrogen-bond donors (Lipinski definition) is 1. The topological polar surface area (TPSA) is 47.3 Å². The first-order valence-electron chi connectivity index (χ1n) is 4.66. The number of nitrogens with one attached hydrogen (secondary N) is 1. The van der Waals surface area contributed by atoms with Crippen molar-refractivity contribution in [2.75, 3.05) is 13.2 Å². The third kappa shape index (κ3) is 2.54. The average Bonchev–Trinajstić information content (AvgIpc) is 2.69. The normalized spacial score (nSPS) is 19.1. The van der Waals surface area contributed by atoms with Gasteiger partial charge in [0.1, 0.15) is 5.76 Å². The van der Waals surface area contributed by atoms with Gasteiger partial charge in [-0.05, 0) is 12.8 Å². The first-order chi connectivity index (χ1) is 6.45. The van der Waals surface area contributed by atoms with Crippen LogP contribution in [0.25, 0.3) is 0 Å².